The van der Waals surface area contributed by atoms with Gasteiger partial charge in [-0.3, -0.25) is 9.48 Å². The number of furan rings is 1. The number of carbonyl (C=O) groups is 1. The molecule has 146 valence electrons. The topological polar surface area (TPSA) is 51.3 Å². The lowest BCUT2D eigenvalue weighted by atomic mass is 9.96. The third-order valence-corrected chi connectivity index (χ3v) is 6.41. The molecule has 5 nitrogen and oxygen atoms in total. The number of carbonyl (C=O) groups excluding carboxylic acids is 1. The van der Waals surface area contributed by atoms with Crippen LogP contribution in [-0.2, 0) is 13.0 Å². The number of benzene rings is 1. The molecule has 1 amide bonds. The minimum atomic E-state index is -0.281. The highest BCUT2D eigenvalue weighted by Crippen LogP contribution is 2.33. The summed E-state index contributed by atoms with van der Waals surface area (Å²) in [6.45, 7) is 6.36. The van der Waals surface area contributed by atoms with Gasteiger partial charge in [0.25, 0.3) is 5.91 Å². The molecule has 0 radical (unpaired) electrons. The van der Waals surface area contributed by atoms with Crippen LogP contribution in [0.15, 0.2) is 39.2 Å². The average molecular weight is 446 g/mol. The Balaban J connectivity index is 1.60. The van der Waals surface area contributed by atoms with Crippen LogP contribution < -0.4 is 4.90 Å². The number of anilines is 1. The highest BCUT2D eigenvalue weighted by molar-refractivity contribution is 9.10. The van der Waals surface area contributed by atoms with Crippen LogP contribution in [0.4, 0.5) is 10.1 Å². The van der Waals surface area contributed by atoms with Gasteiger partial charge >= 0.3 is 0 Å². The largest absolute Gasteiger partial charge is 0.454 e. The first-order valence-corrected chi connectivity index (χ1v) is 10.0. The molecular formula is C21H21BrFN3O2. The molecule has 1 aromatic carbocycles. The van der Waals surface area contributed by atoms with Crippen LogP contribution in [0.5, 0.6) is 0 Å². The van der Waals surface area contributed by atoms with Crippen molar-refractivity contribution >= 4 is 27.5 Å². The number of aromatic nitrogens is 2. The highest BCUT2D eigenvalue weighted by Gasteiger charge is 2.31. The van der Waals surface area contributed by atoms with Crippen molar-refractivity contribution in [1.29, 1.82) is 0 Å². The van der Waals surface area contributed by atoms with E-state index in [4.69, 9.17) is 4.42 Å². The molecule has 4 rings (SSSR count). The standard InChI is InChI=1S/C21H21BrFN3O2/c1-12-4-5-15-10-16(23)6-8-18(15)26(12)21(27)19-9-7-17(28-19)11-25-14(3)20(22)13(2)24-25/h6-10,12H,4-5,11H2,1-3H3/t12-/m1/s1. The van der Waals surface area contributed by atoms with Gasteiger partial charge in [0.05, 0.1) is 22.4 Å². The second kappa shape index (κ2) is 7.20. The maximum absolute atomic E-state index is 13.6. The van der Waals surface area contributed by atoms with Gasteiger partial charge in [-0.1, -0.05) is 0 Å². The van der Waals surface area contributed by atoms with E-state index in [1.54, 1.807) is 23.1 Å². The zero-order valence-corrected chi connectivity index (χ0v) is 17.6. The maximum atomic E-state index is 13.6. The van der Waals surface area contributed by atoms with E-state index in [0.29, 0.717) is 12.3 Å². The van der Waals surface area contributed by atoms with E-state index in [1.165, 1.54) is 12.1 Å². The molecule has 0 fully saturated rings. The third-order valence-electron chi connectivity index (χ3n) is 5.26. The number of hydrogen-bond donors (Lipinski definition) is 0. The van der Waals surface area contributed by atoms with E-state index in [2.05, 4.69) is 21.0 Å². The van der Waals surface area contributed by atoms with Crippen molar-refractivity contribution in [2.24, 2.45) is 0 Å². The zero-order chi connectivity index (χ0) is 20.0. The van der Waals surface area contributed by atoms with Crippen molar-refractivity contribution in [3.63, 3.8) is 0 Å². The molecule has 0 aliphatic carbocycles. The van der Waals surface area contributed by atoms with Crippen molar-refractivity contribution in [3.05, 3.63) is 69.1 Å². The lowest BCUT2D eigenvalue weighted by Gasteiger charge is -2.34. The van der Waals surface area contributed by atoms with Gasteiger partial charge < -0.3 is 9.32 Å². The van der Waals surface area contributed by atoms with Crippen molar-refractivity contribution in [1.82, 2.24) is 9.78 Å². The molecule has 28 heavy (non-hydrogen) atoms. The summed E-state index contributed by atoms with van der Waals surface area (Å²) in [6, 6.07) is 8.10. The molecule has 1 aliphatic heterocycles. The van der Waals surface area contributed by atoms with Gasteiger partial charge in [-0.25, -0.2) is 4.39 Å². The molecule has 0 bridgehead atoms. The summed E-state index contributed by atoms with van der Waals surface area (Å²) in [7, 11) is 0. The summed E-state index contributed by atoms with van der Waals surface area (Å²) in [6.07, 6.45) is 1.55. The minimum Gasteiger partial charge on any atom is -0.454 e. The van der Waals surface area contributed by atoms with Crippen LogP contribution in [0.1, 0.15) is 46.6 Å². The first kappa shape index (κ1) is 18.9. The molecular weight excluding hydrogens is 425 g/mol. The number of halogens is 2. The predicted octanol–water partition coefficient (Wildman–Crippen LogP) is 5.02. The molecule has 0 spiro atoms. The lowest BCUT2D eigenvalue weighted by Crippen LogP contribution is -2.42. The number of rotatable bonds is 3. The Morgan fingerprint density at radius 1 is 1.32 bits per heavy atom. The summed E-state index contributed by atoms with van der Waals surface area (Å²) >= 11 is 3.52. The monoisotopic (exact) mass is 445 g/mol. The molecule has 1 atom stereocenters. The van der Waals surface area contributed by atoms with Gasteiger partial charge in [0.15, 0.2) is 5.76 Å². The molecule has 0 unspecified atom stereocenters. The molecule has 1 aliphatic rings. The SMILES string of the molecule is Cc1nn(Cc2ccc(C(=O)N3c4ccc(F)cc4CC[C@H]3C)o2)c(C)c1Br. The molecule has 2 aromatic heterocycles. The Morgan fingerprint density at radius 3 is 2.82 bits per heavy atom. The van der Waals surface area contributed by atoms with Crippen molar-refractivity contribution in [2.75, 3.05) is 4.90 Å². The van der Waals surface area contributed by atoms with Crippen LogP contribution in [0.3, 0.4) is 0 Å². The normalized spacial score (nSPS) is 16.3. The quantitative estimate of drug-likeness (QED) is 0.568. The molecule has 3 heterocycles. The third kappa shape index (κ3) is 3.28. The smallest absolute Gasteiger partial charge is 0.294 e. The number of aryl methyl sites for hydroxylation is 2. The summed E-state index contributed by atoms with van der Waals surface area (Å²) in [4.78, 5) is 14.9. The van der Waals surface area contributed by atoms with Gasteiger partial charge in [-0.05, 0) is 85.4 Å². The molecule has 7 heteroatoms. The fourth-order valence-corrected chi connectivity index (χ4v) is 3.99. The Morgan fingerprint density at radius 2 is 2.11 bits per heavy atom. The van der Waals surface area contributed by atoms with Gasteiger partial charge in [0.2, 0.25) is 0 Å². The van der Waals surface area contributed by atoms with Crippen LogP contribution in [0.25, 0.3) is 0 Å². The molecule has 3 aromatic rings. The molecule has 0 saturated carbocycles. The van der Waals surface area contributed by atoms with Gasteiger partial charge in [-0.2, -0.15) is 5.10 Å². The first-order valence-electron chi connectivity index (χ1n) is 9.25. The maximum Gasteiger partial charge on any atom is 0.294 e. The van der Waals surface area contributed by atoms with Crippen LogP contribution in [0.2, 0.25) is 0 Å². The van der Waals surface area contributed by atoms with E-state index in [9.17, 15) is 9.18 Å². The number of nitrogens with zero attached hydrogens (tertiary/aromatic N) is 3. The Hall–Kier alpha value is -2.41. The minimum absolute atomic E-state index is 0.0194. The highest BCUT2D eigenvalue weighted by atomic mass is 79.9. The lowest BCUT2D eigenvalue weighted by molar-refractivity contribution is 0.0946. The number of hydrogen-bond acceptors (Lipinski definition) is 3. The Kier molecular flexibility index (Phi) is 4.87. The van der Waals surface area contributed by atoms with Crippen LogP contribution in [0, 0.1) is 19.7 Å². The average Bonchev–Trinajstić information content (AvgIpc) is 3.22. The zero-order valence-electron chi connectivity index (χ0n) is 16.0. The number of fused-ring (bicyclic) bond motifs is 1. The second-order valence-corrected chi connectivity index (χ2v) is 8.04. The first-order chi connectivity index (χ1) is 13.3. The van der Waals surface area contributed by atoms with E-state index in [1.807, 2.05) is 25.5 Å². The van der Waals surface area contributed by atoms with Crippen molar-refractivity contribution < 1.29 is 13.6 Å². The summed E-state index contributed by atoms with van der Waals surface area (Å²) in [5, 5.41) is 4.48. The molecule has 0 saturated heterocycles. The van der Waals surface area contributed by atoms with Gasteiger partial charge in [0, 0.05) is 11.7 Å². The van der Waals surface area contributed by atoms with Crippen molar-refractivity contribution in [2.45, 2.75) is 46.2 Å². The predicted molar refractivity (Wildman–Crippen MR) is 108 cm³/mol. The Bertz CT molecular complexity index is 1060. The Labute approximate surface area is 171 Å². The van der Waals surface area contributed by atoms with E-state index >= 15 is 0 Å². The van der Waals surface area contributed by atoms with Crippen LogP contribution in [-0.4, -0.2) is 21.7 Å². The fraction of sp³-hybridized carbons (Fsp3) is 0.333. The van der Waals surface area contributed by atoms with Gasteiger partial charge in [-0.15, -0.1) is 0 Å². The second-order valence-electron chi connectivity index (χ2n) is 7.24. The van der Waals surface area contributed by atoms with Crippen molar-refractivity contribution in [3.8, 4) is 0 Å². The fourth-order valence-electron chi connectivity index (χ4n) is 3.70. The molecule has 0 N–H and O–H groups in total. The summed E-state index contributed by atoms with van der Waals surface area (Å²) < 4.78 is 22.2. The van der Waals surface area contributed by atoms with Crippen LogP contribution >= 0.6 is 15.9 Å². The van der Waals surface area contributed by atoms with E-state index in [0.717, 1.165) is 40.0 Å². The van der Waals surface area contributed by atoms with E-state index in [-0.39, 0.29) is 23.5 Å². The summed E-state index contributed by atoms with van der Waals surface area (Å²) in [5.41, 5.74) is 3.52. The number of amides is 1. The van der Waals surface area contributed by atoms with Gasteiger partial charge in [0.1, 0.15) is 11.6 Å². The summed E-state index contributed by atoms with van der Waals surface area (Å²) in [5.74, 6) is 0.447. The van der Waals surface area contributed by atoms with E-state index < -0.39 is 0 Å².